The molecule has 7 heteroatoms. The quantitative estimate of drug-likeness (QED) is 0.350. The van der Waals surface area contributed by atoms with Gasteiger partial charge in [-0.2, -0.15) is 5.10 Å². The number of benzene rings is 1. The van der Waals surface area contributed by atoms with Crippen LogP contribution < -0.4 is 5.43 Å². The molecule has 7 nitrogen and oxygen atoms in total. The van der Waals surface area contributed by atoms with Crippen LogP contribution in [0, 0.1) is 10.1 Å². The van der Waals surface area contributed by atoms with Crippen LogP contribution in [-0.2, 0) is 9.59 Å². The lowest BCUT2D eigenvalue weighted by atomic mass is 10.2. The largest absolute Gasteiger partial charge is 0.300 e. The Morgan fingerprint density at radius 2 is 2.00 bits per heavy atom. The molecule has 1 rings (SSSR count). The van der Waals surface area contributed by atoms with Gasteiger partial charge in [0.1, 0.15) is 11.5 Å². The number of nitrogens with one attached hydrogen (secondary N) is 1. The summed E-state index contributed by atoms with van der Waals surface area (Å²) < 4.78 is 0. The van der Waals surface area contributed by atoms with E-state index >= 15 is 0 Å². The Bertz CT molecular complexity index is 508. The molecule has 1 aromatic rings. The molecule has 0 saturated carbocycles. The van der Waals surface area contributed by atoms with Crippen molar-refractivity contribution in [2.75, 3.05) is 5.43 Å². The molecule has 0 aromatic heterocycles. The van der Waals surface area contributed by atoms with Crippen LogP contribution in [0.3, 0.4) is 0 Å². The molecule has 0 aliphatic carbocycles. The van der Waals surface area contributed by atoms with Gasteiger partial charge in [-0.05, 0) is 19.1 Å². The van der Waals surface area contributed by atoms with Crippen LogP contribution in [0.15, 0.2) is 29.4 Å². The Kier molecular flexibility index (Phi) is 5.34. The maximum absolute atomic E-state index is 10.8. The number of nitro benzene ring substituents is 1. The predicted octanol–water partition coefficient (Wildman–Crippen LogP) is 1.93. The molecule has 0 aliphatic heterocycles. The van der Waals surface area contributed by atoms with Gasteiger partial charge in [-0.15, -0.1) is 0 Å². The van der Waals surface area contributed by atoms with Crippen LogP contribution in [0.2, 0.25) is 0 Å². The lowest BCUT2D eigenvalue weighted by molar-refractivity contribution is -0.384. The number of hydrogen-bond donors (Lipinski definition) is 1. The number of rotatable bonds is 7. The zero-order valence-corrected chi connectivity index (χ0v) is 10.3. The second-order valence-electron chi connectivity index (χ2n) is 3.84. The highest BCUT2D eigenvalue weighted by atomic mass is 16.6. The topological polar surface area (TPSA) is 102 Å². The van der Waals surface area contributed by atoms with E-state index < -0.39 is 4.92 Å². The number of anilines is 1. The number of non-ortho nitro benzene ring substituents is 1. The van der Waals surface area contributed by atoms with Gasteiger partial charge in [0.2, 0.25) is 0 Å². The molecule has 0 fully saturated rings. The number of Topliss-reactive ketones (excluding diaryl/α,β-unsaturated/α-hetero) is 1. The summed E-state index contributed by atoms with van der Waals surface area (Å²) in [6.07, 6.45) is 1.08. The fraction of sp³-hybridized carbons (Fsp3) is 0.250. The third-order valence-electron chi connectivity index (χ3n) is 2.28. The fourth-order valence-electron chi connectivity index (χ4n) is 1.24. The van der Waals surface area contributed by atoms with Crippen molar-refractivity contribution >= 4 is 29.2 Å². The normalized spacial score (nSPS) is 10.9. The summed E-state index contributed by atoms with van der Waals surface area (Å²) in [6.45, 7) is 1.44. The first kappa shape index (κ1) is 14.5. The fourth-order valence-corrected chi connectivity index (χ4v) is 1.24. The maximum Gasteiger partial charge on any atom is 0.269 e. The van der Waals surface area contributed by atoms with Crippen LogP contribution in [0.1, 0.15) is 19.8 Å². The predicted molar refractivity (Wildman–Crippen MR) is 70.1 cm³/mol. The van der Waals surface area contributed by atoms with Crippen LogP contribution in [-0.4, -0.2) is 22.7 Å². The Labute approximate surface area is 109 Å². The van der Waals surface area contributed by atoms with Crippen molar-refractivity contribution in [1.82, 2.24) is 0 Å². The molecular weight excluding hydrogens is 250 g/mol. The van der Waals surface area contributed by atoms with Crippen LogP contribution in [0.5, 0.6) is 0 Å². The van der Waals surface area contributed by atoms with Crippen LogP contribution in [0.25, 0.3) is 0 Å². The minimum Gasteiger partial charge on any atom is -0.300 e. The Morgan fingerprint density at radius 3 is 2.47 bits per heavy atom. The second-order valence-corrected chi connectivity index (χ2v) is 3.84. The molecule has 0 amide bonds. The number of carbonyl (C=O) groups excluding carboxylic acids is 2. The van der Waals surface area contributed by atoms with E-state index in [0.717, 1.165) is 0 Å². The molecule has 0 saturated heterocycles. The van der Waals surface area contributed by atoms with Gasteiger partial charge >= 0.3 is 0 Å². The molecule has 0 spiro atoms. The SMILES string of the molecule is CC(=O)CC/C(C=O)=N/Nc1ccc([N+](=O)[O-])cc1. The van der Waals surface area contributed by atoms with Gasteiger partial charge in [0, 0.05) is 25.0 Å². The van der Waals surface area contributed by atoms with E-state index in [-0.39, 0.29) is 30.0 Å². The van der Waals surface area contributed by atoms with Crippen molar-refractivity contribution in [2.24, 2.45) is 5.10 Å². The van der Waals surface area contributed by atoms with Crippen molar-refractivity contribution in [3.63, 3.8) is 0 Å². The second kappa shape index (κ2) is 7.00. The summed E-state index contributed by atoms with van der Waals surface area (Å²) in [4.78, 5) is 31.4. The minimum absolute atomic E-state index is 0.0233. The standard InChI is InChI=1S/C12H13N3O4/c1-9(17)2-3-11(8-16)14-13-10-4-6-12(7-5-10)15(18)19/h4-8,13H,2-3H2,1H3/b14-11-. The highest BCUT2D eigenvalue weighted by Crippen LogP contribution is 2.15. The number of nitro groups is 1. The zero-order valence-electron chi connectivity index (χ0n) is 10.3. The Balaban J connectivity index is 2.64. The monoisotopic (exact) mass is 263 g/mol. The Morgan fingerprint density at radius 1 is 1.37 bits per heavy atom. The lowest BCUT2D eigenvalue weighted by Gasteiger charge is -2.01. The molecule has 0 aliphatic rings. The number of hydrogen-bond acceptors (Lipinski definition) is 6. The number of aldehydes is 1. The van der Waals surface area contributed by atoms with Crippen molar-refractivity contribution in [3.05, 3.63) is 34.4 Å². The van der Waals surface area contributed by atoms with E-state index in [1.54, 1.807) is 0 Å². The molecule has 0 bridgehead atoms. The molecule has 1 N–H and O–H groups in total. The first-order valence-electron chi connectivity index (χ1n) is 5.54. The number of hydrazone groups is 1. The molecule has 100 valence electrons. The number of nitrogens with zero attached hydrogens (tertiary/aromatic N) is 2. The first-order valence-corrected chi connectivity index (χ1v) is 5.54. The molecular formula is C12H13N3O4. The molecule has 1 aromatic carbocycles. The average molecular weight is 263 g/mol. The maximum atomic E-state index is 10.8. The Hall–Kier alpha value is -2.57. The summed E-state index contributed by atoms with van der Waals surface area (Å²) in [5.41, 5.74) is 3.32. The van der Waals surface area contributed by atoms with Gasteiger partial charge < -0.3 is 4.79 Å². The number of carbonyl (C=O) groups is 2. The average Bonchev–Trinajstić information content (AvgIpc) is 2.39. The summed E-state index contributed by atoms with van der Waals surface area (Å²) in [5, 5.41) is 14.3. The van der Waals surface area contributed by atoms with Crippen molar-refractivity contribution in [3.8, 4) is 0 Å². The highest BCUT2D eigenvalue weighted by molar-refractivity contribution is 6.28. The highest BCUT2D eigenvalue weighted by Gasteiger charge is 2.04. The minimum atomic E-state index is -0.503. The van der Waals surface area contributed by atoms with Gasteiger partial charge in [0.15, 0.2) is 6.29 Å². The molecule has 19 heavy (non-hydrogen) atoms. The van der Waals surface area contributed by atoms with Gasteiger partial charge in [0.05, 0.1) is 10.6 Å². The van der Waals surface area contributed by atoms with E-state index in [2.05, 4.69) is 10.5 Å². The van der Waals surface area contributed by atoms with Gasteiger partial charge in [-0.1, -0.05) is 0 Å². The third kappa shape index (κ3) is 5.07. The summed E-state index contributed by atoms with van der Waals surface area (Å²) in [5.74, 6) is -0.0233. The molecule has 0 radical (unpaired) electrons. The smallest absolute Gasteiger partial charge is 0.269 e. The summed E-state index contributed by atoms with van der Waals surface area (Å²) in [7, 11) is 0. The van der Waals surface area contributed by atoms with Crippen molar-refractivity contribution < 1.29 is 14.5 Å². The zero-order chi connectivity index (χ0) is 14.3. The number of ketones is 1. The van der Waals surface area contributed by atoms with Gasteiger partial charge in [-0.25, -0.2) is 0 Å². The first-order chi connectivity index (χ1) is 9.02. The molecule has 0 unspecified atom stereocenters. The van der Waals surface area contributed by atoms with E-state index in [4.69, 9.17) is 0 Å². The van der Waals surface area contributed by atoms with Crippen LogP contribution >= 0.6 is 0 Å². The molecule has 0 atom stereocenters. The summed E-state index contributed by atoms with van der Waals surface area (Å²) >= 11 is 0. The third-order valence-corrected chi connectivity index (χ3v) is 2.28. The molecule has 0 heterocycles. The van der Waals surface area contributed by atoms with Crippen molar-refractivity contribution in [1.29, 1.82) is 0 Å². The van der Waals surface area contributed by atoms with E-state index in [1.165, 1.54) is 31.2 Å². The lowest BCUT2D eigenvalue weighted by Crippen LogP contribution is -2.06. The van der Waals surface area contributed by atoms with Gasteiger partial charge in [-0.3, -0.25) is 20.3 Å². The van der Waals surface area contributed by atoms with Crippen LogP contribution in [0.4, 0.5) is 11.4 Å². The summed E-state index contributed by atoms with van der Waals surface area (Å²) in [6, 6.07) is 5.62. The van der Waals surface area contributed by atoms with E-state index in [9.17, 15) is 19.7 Å². The van der Waals surface area contributed by atoms with Gasteiger partial charge in [0.25, 0.3) is 5.69 Å². The van der Waals surface area contributed by atoms with Crippen molar-refractivity contribution in [2.45, 2.75) is 19.8 Å². The van der Waals surface area contributed by atoms with E-state index in [1.807, 2.05) is 0 Å². The van der Waals surface area contributed by atoms with E-state index in [0.29, 0.717) is 12.0 Å².